The number of hydrogen-bond donors (Lipinski definition) is 0. The third-order valence-corrected chi connectivity index (χ3v) is 10.7. The predicted molar refractivity (Wildman–Crippen MR) is 103 cm³/mol. The standard InChI is InChI=1S/C18H15OSi.2CH3.Al/c19-20(16-10-4-1-5-11-16,17-12-6-2-7-13-17)18-14-8-3-9-15-18;;;/h1-15H;2*1H3;/q-1;;;+1. The lowest BCUT2D eigenvalue weighted by Crippen LogP contribution is -2.70. The van der Waals surface area contributed by atoms with Crippen LogP contribution in [0.4, 0.5) is 0 Å². The zero-order chi connectivity index (χ0) is 16.1. The molecule has 1 nitrogen and oxygen atoms in total. The van der Waals surface area contributed by atoms with Crippen molar-refractivity contribution < 1.29 is 3.48 Å². The second kappa shape index (κ2) is 7.29. The molecule has 0 N–H and O–H groups in total. The molecule has 23 heavy (non-hydrogen) atoms. The van der Waals surface area contributed by atoms with Gasteiger partial charge in [0.2, 0.25) is 0 Å². The van der Waals surface area contributed by atoms with E-state index in [0.717, 1.165) is 0 Å². The molecule has 0 amide bonds. The Hall–Kier alpha value is -1.63. The molecule has 0 fully saturated rings. The van der Waals surface area contributed by atoms with E-state index in [-0.39, 0.29) is 0 Å². The minimum atomic E-state index is -2.43. The molecule has 0 unspecified atom stereocenters. The summed E-state index contributed by atoms with van der Waals surface area (Å²) < 4.78 is 6.87. The Balaban J connectivity index is 2.30. The van der Waals surface area contributed by atoms with Gasteiger partial charge in [-0.3, -0.25) is 0 Å². The van der Waals surface area contributed by atoms with Gasteiger partial charge in [-0.05, 0) is 15.6 Å². The van der Waals surface area contributed by atoms with Crippen LogP contribution in [0.2, 0.25) is 11.6 Å². The van der Waals surface area contributed by atoms with Crippen LogP contribution in [0.1, 0.15) is 0 Å². The molecular formula is C20H21AlOSi. The fraction of sp³-hybridized carbons (Fsp3) is 0.100. The van der Waals surface area contributed by atoms with Crippen LogP contribution in [-0.2, 0) is 3.48 Å². The van der Waals surface area contributed by atoms with E-state index in [1.165, 1.54) is 15.6 Å². The van der Waals surface area contributed by atoms with Crippen LogP contribution in [0.25, 0.3) is 0 Å². The largest absolute Gasteiger partial charge is 0.536 e. The average Bonchev–Trinajstić information content (AvgIpc) is 2.62. The maximum atomic E-state index is 6.87. The van der Waals surface area contributed by atoms with Crippen molar-refractivity contribution in [1.82, 2.24) is 0 Å². The highest BCUT2D eigenvalue weighted by Gasteiger charge is 2.41. The van der Waals surface area contributed by atoms with Crippen molar-refractivity contribution >= 4 is 38.4 Å². The number of rotatable bonds is 5. The van der Waals surface area contributed by atoms with Crippen molar-refractivity contribution in [2.45, 2.75) is 11.6 Å². The van der Waals surface area contributed by atoms with Gasteiger partial charge in [-0.1, -0.05) is 103 Å². The first-order chi connectivity index (χ1) is 11.2. The molecule has 0 spiro atoms. The first-order valence-corrected chi connectivity index (χ1v) is 12.8. The molecule has 0 heterocycles. The number of hydrogen-bond acceptors (Lipinski definition) is 1. The Labute approximate surface area is 144 Å². The summed E-state index contributed by atoms with van der Waals surface area (Å²) >= 11 is -1.24. The van der Waals surface area contributed by atoms with Crippen LogP contribution >= 0.6 is 0 Å². The summed E-state index contributed by atoms with van der Waals surface area (Å²) in [5, 5.41) is 3.95. The van der Waals surface area contributed by atoms with Gasteiger partial charge in [-0.2, -0.15) is 0 Å². The molecular weight excluding hydrogens is 311 g/mol. The fourth-order valence-corrected chi connectivity index (χ4v) is 10.5. The van der Waals surface area contributed by atoms with Gasteiger partial charge in [0, 0.05) is 0 Å². The third-order valence-electron chi connectivity index (χ3n) is 3.95. The first kappa shape index (κ1) is 16.2. The summed E-state index contributed by atoms with van der Waals surface area (Å²) in [5.74, 6) is 4.52. The van der Waals surface area contributed by atoms with Crippen molar-refractivity contribution in [1.29, 1.82) is 0 Å². The summed E-state index contributed by atoms with van der Waals surface area (Å²) in [6.07, 6.45) is 0. The zero-order valence-corrected chi connectivity index (χ0v) is 15.8. The topological polar surface area (TPSA) is 9.23 Å². The van der Waals surface area contributed by atoms with Crippen LogP contribution in [0.3, 0.4) is 0 Å². The summed E-state index contributed by atoms with van der Waals surface area (Å²) in [7, 11) is -2.43. The van der Waals surface area contributed by atoms with Gasteiger partial charge in [0.25, 0.3) is 8.32 Å². The quantitative estimate of drug-likeness (QED) is 0.516. The lowest BCUT2D eigenvalue weighted by molar-refractivity contribution is 0.604. The summed E-state index contributed by atoms with van der Waals surface area (Å²) in [6.45, 7) is 0. The molecule has 114 valence electrons. The van der Waals surface area contributed by atoms with Crippen molar-refractivity contribution in [2.24, 2.45) is 0 Å². The molecule has 0 radical (unpaired) electrons. The van der Waals surface area contributed by atoms with Gasteiger partial charge in [0.1, 0.15) is 0 Å². The zero-order valence-electron chi connectivity index (χ0n) is 13.6. The van der Waals surface area contributed by atoms with E-state index in [2.05, 4.69) is 103 Å². The highest BCUT2D eigenvalue weighted by Crippen LogP contribution is 2.11. The van der Waals surface area contributed by atoms with E-state index in [9.17, 15) is 0 Å². The Morgan fingerprint density at radius 1 is 0.565 bits per heavy atom. The third kappa shape index (κ3) is 3.34. The second-order valence-electron chi connectivity index (χ2n) is 5.95. The molecule has 0 aliphatic carbocycles. The summed E-state index contributed by atoms with van der Waals surface area (Å²) in [6, 6.07) is 32.3. The van der Waals surface area contributed by atoms with Gasteiger partial charge >= 0.3 is 14.5 Å². The molecule has 0 aromatic heterocycles. The maximum Gasteiger partial charge on any atom is 0.443 e. The van der Waals surface area contributed by atoms with E-state index >= 15 is 0 Å². The minimum absolute atomic E-state index is 1.24. The lowest BCUT2D eigenvalue weighted by atomic mass is 10.3. The highest BCUT2D eigenvalue weighted by atomic mass is 28.4. The number of benzene rings is 3. The monoisotopic (exact) mass is 332 g/mol. The predicted octanol–water partition coefficient (Wildman–Crippen LogP) is 2.92. The van der Waals surface area contributed by atoms with Crippen LogP contribution in [0, 0.1) is 0 Å². The maximum absolute atomic E-state index is 6.87. The Bertz CT molecular complexity index is 633. The lowest BCUT2D eigenvalue weighted by Gasteiger charge is -2.35. The van der Waals surface area contributed by atoms with Gasteiger partial charge in [0.15, 0.2) is 0 Å². The van der Waals surface area contributed by atoms with Crippen molar-refractivity contribution in [2.75, 3.05) is 0 Å². The van der Waals surface area contributed by atoms with E-state index in [1.807, 2.05) is 0 Å². The summed E-state index contributed by atoms with van der Waals surface area (Å²) in [4.78, 5) is 0. The average molecular weight is 332 g/mol. The molecule has 0 saturated carbocycles. The van der Waals surface area contributed by atoms with E-state index in [1.54, 1.807) is 0 Å². The second-order valence-corrected chi connectivity index (χ2v) is 12.1. The molecule has 3 aromatic carbocycles. The molecule has 3 heteroatoms. The van der Waals surface area contributed by atoms with E-state index in [0.29, 0.717) is 0 Å². The molecule has 3 aromatic rings. The first-order valence-electron chi connectivity index (χ1n) is 8.08. The van der Waals surface area contributed by atoms with Crippen LogP contribution in [-0.4, -0.2) is 22.8 Å². The smallest absolute Gasteiger partial charge is 0.443 e. The van der Waals surface area contributed by atoms with Crippen LogP contribution in [0.15, 0.2) is 91.0 Å². The van der Waals surface area contributed by atoms with Crippen molar-refractivity contribution in [3.63, 3.8) is 0 Å². The molecule has 0 aliphatic heterocycles. The van der Waals surface area contributed by atoms with Gasteiger partial charge in [-0.25, -0.2) is 0 Å². The van der Waals surface area contributed by atoms with E-state index < -0.39 is 22.8 Å². The normalized spacial score (nSPS) is 11.2. The highest BCUT2D eigenvalue weighted by molar-refractivity contribution is 7.09. The SMILES string of the molecule is [CH3][Al]([CH3])[O][Si](c1ccccc1)(c1ccccc1)c1ccccc1. The van der Waals surface area contributed by atoms with Crippen molar-refractivity contribution in [3.05, 3.63) is 91.0 Å². The Morgan fingerprint density at radius 2 is 0.870 bits per heavy atom. The fourth-order valence-electron chi connectivity index (χ4n) is 3.08. The molecule has 0 bridgehead atoms. The Kier molecular flexibility index (Phi) is 5.15. The van der Waals surface area contributed by atoms with Crippen LogP contribution in [0.5, 0.6) is 0 Å². The Morgan fingerprint density at radius 3 is 1.13 bits per heavy atom. The van der Waals surface area contributed by atoms with Gasteiger partial charge < -0.3 is 3.48 Å². The molecule has 3 rings (SSSR count). The molecule has 0 atom stereocenters. The summed E-state index contributed by atoms with van der Waals surface area (Å²) in [5.41, 5.74) is 0. The van der Waals surface area contributed by atoms with Gasteiger partial charge in [0.05, 0.1) is 0 Å². The van der Waals surface area contributed by atoms with Gasteiger partial charge in [-0.15, -0.1) is 0 Å². The van der Waals surface area contributed by atoms with Crippen molar-refractivity contribution in [3.8, 4) is 0 Å². The minimum Gasteiger partial charge on any atom is -0.536 e. The molecule has 0 aliphatic rings. The van der Waals surface area contributed by atoms with E-state index in [4.69, 9.17) is 3.48 Å². The molecule has 0 saturated heterocycles. The van der Waals surface area contributed by atoms with Crippen LogP contribution < -0.4 is 15.6 Å².